The average Bonchev–Trinajstić information content (AvgIpc) is 2.65. The molecule has 2 heterocycles. The molecule has 0 radical (unpaired) electrons. The molecule has 0 saturated heterocycles. The van der Waals surface area contributed by atoms with E-state index in [0.717, 1.165) is 5.52 Å². The van der Waals surface area contributed by atoms with Crippen molar-refractivity contribution in [2.24, 2.45) is 0 Å². The lowest BCUT2D eigenvalue weighted by atomic mass is 10.3. The topological polar surface area (TPSA) is 52.0 Å². The fourth-order valence-electron chi connectivity index (χ4n) is 1.32. The monoisotopic (exact) mass is 222 g/mol. The molecule has 0 bridgehead atoms. The second kappa shape index (κ2) is 3.94. The third-order valence-electron chi connectivity index (χ3n) is 2.14. The fourth-order valence-corrected chi connectivity index (χ4v) is 2.11. The van der Waals surface area contributed by atoms with E-state index in [1.54, 1.807) is 0 Å². The van der Waals surface area contributed by atoms with Crippen LogP contribution in [0.5, 0.6) is 0 Å². The highest BCUT2D eigenvalue weighted by molar-refractivity contribution is 7.17. The lowest BCUT2D eigenvalue weighted by Crippen LogP contribution is -2.20. The van der Waals surface area contributed by atoms with Gasteiger partial charge >= 0.3 is 0 Å². The molecular weight excluding hydrogens is 212 g/mol. The van der Waals surface area contributed by atoms with Crippen LogP contribution in [0, 0.1) is 0 Å². The van der Waals surface area contributed by atoms with Crippen LogP contribution in [-0.4, -0.2) is 15.3 Å². The molecule has 0 fully saturated rings. The Labute approximate surface area is 90.2 Å². The summed E-state index contributed by atoms with van der Waals surface area (Å²) in [4.78, 5) is 26.8. The second-order valence-corrected chi connectivity index (χ2v) is 4.25. The molecule has 0 saturated carbocycles. The summed E-state index contributed by atoms with van der Waals surface area (Å²) in [5.74, 6) is 0.0770. The fraction of sp³-hybridized carbons (Fsp3) is 0.300. The predicted octanol–water partition coefficient (Wildman–Crippen LogP) is 1.44. The van der Waals surface area contributed by atoms with Gasteiger partial charge < -0.3 is 0 Å². The van der Waals surface area contributed by atoms with Crippen LogP contribution in [-0.2, 0) is 11.3 Å². The second-order valence-electron chi connectivity index (χ2n) is 3.33. The van der Waals surface area contributed by atoms with Gasteiger partial charge in [-0.25, -0.2) is 4.98 Å². The van der Waals surface area contributed by atoms with Gasteiger partial charge in [0.25, 0.3) is 5.56 Å². The molecule has 4 nitrogen and oxygen atoms in total. The van der Waals surface area contributed by atoms with Crippen molar-refractivity contribution in [2.45, 2.75) is 19.9 Å². The van der Waals surface area contributed by atoms with Crippen molar-refractivity contribution in [3.63, 3.8) is 0 Å². The number of ketones is 1. The van der Waals surface area contributed by atoms with Crippen LogP contribution < -0.4 is 5.56 Å². The Hall–Kier alpha value is -1.49. The molecule has 0 amide bonds. The molecule has 2 rings (SSSR count). The van der Waals surface area contributed by atoms with E-state index in [1.165, 1.54) is 29.2 Å². The van der Waals surface area contributed by atoms with E-state index in [1.807, 2.05) is 11.4 Å². The largest absolute Gasteiger partial charge is 0.300 e. The molecular formula is C10H10N2O2S. The van der Waals surface area contributed by atoms with Crippen molar-refractivity contribution in [3.05, 3.63) is 28.1 Å². The van der Waals surface area contributed by atoms with Crippen molar-refractivity contribution < 1.29 is 4.79 Å². The summed E-state index contributed by atoms with van der Waals surface area (Å²) in [6, 6.07) is 1.82. The van der Waals surface area contributed by atoms with Gasteiger partial charge in [0.15, 0.2) is 0 Å². The van der Waals surface area contributed by atoms with Gasteiger partial charge in [-0.1, -0.05) is 0 Å². The highest BCUT2D eigenvalue weighted by atomic mass is 32.1. The van der Waals surface area contributed by atoms with Crippen LogP contribution in [0.1, 0.15) is 13.3 Å². The average molecular weight is 222 g/mol. The first kappa shape index (κ1) is 10.0. The van der Waals surface area contributed by atoms with Crippen LogP contribution in [0.3, 0.4) is 0 Å². The number of aryl methyl sites for hydroxylation is 1. The normalized spacial score (nSPS) is 10.7. The molecule has 15 heavy (non-hydrogen) atoms. The van der Waals surface area contributed by atoms with Crippen molar-refractivity contribution in [3.8, 4) is 0 Å². The SMILES string of the molecule is CC(=O)CCn1cnc2ccsc2c1=O. The Bertz CT molecular complexity index is 556. The van der Waals surface area contributed by atoms with Crippen LogP contribution in [0.2, 0.25) is 0 Å². The summed E-state index contributed by atoms with van der Waals surface area (Å²) in [5.41, 5.74) is 0.667. The lowest BCUT2D eigenvalue weighted by Gasteiger charge is -2.02. The highest BCUT2D eigenvalue weighted by Crippen LogP contribution is 2.13. The number of thiophene rings is 1. The molecule has 0 aliphatic heterocycles. The molecule has 0 aromatic carbocycles. The van der Waals surface area contributed by atoms with E-state index in [0.29, 0.717) is 17.7 Å². The lowest BCUT2D eigenvalue weighted by molar-refractivity contribution is -0.117. The molecule has 0 spiro atoms. The van der Waals surface area contributed by atoms with E-state index >= 15 is 0 Å². The minimum atomic E-state index is -0.0590. The Kier molecular flexibility index (Phi) is 2.64. The third kappa shape index (κ3) is 1.97. The summed E-state index contributed by atoms with van der Waals surface area (Å²) in [6.45, 7) is 1.93. The zero-order chi connectivity index (χ0) is 10.8. The van der Waals surface area contributed by atoms with E-state index in [-0.39, 0.29) is 11.3 Å². The van der Waals surface area contributed by atoms with Crippen molar-refractivity contribution in [1.82, 2.24) is 9.55 Å². The summed E-state index contributed by atoms with van der Waals surface area (Å²) < 4.78 is 2.14. The minimum Gasteiger partial charge on any atom is -0.300 e. The molecule has 0 N–H and O–H groups in total. The third-order valence-corrected chi connectivity index (χ3v) is 3.03. The van der Waals surface area contributed by atoms with Crippen molar-refractivity contribution in [1.29, 1.82) is 0 Å². The Morgan fingerprint density at radius 2 is 2.40 bits per heavy atom. The molecule has 5 heteroatoms. The molecule has 78 valence electrons. The maximum Gasteiger partial charge on any atom is 0.271 e. The number of hydrogen-bond acceptors (Lipinski definition) is 4. The number of Topliss-reactive ketones (excluding diaryl/α,β-unsaturated/α-hetero) is 1. The first-order valence-electron chi connectivity index (χ1n) is 4.60. The zero-order valence-corrected chi connectivity index (χ0v) is 9.08. The summed E-state index contributed by atoms with van der Waals surface area (Å²) in [6.07, 6.45) is 1.87. The van der Waals surface area contributed by atoms with E-state index in [9.17, 15) is 9.59 Å². The number of fused-ring (bicyclic) bond motifs is 1. The van der Waals surface area contributed by atoms with Gasteiger partial charge in [-0.15, -0.1) is 11.3 Å². The number of nitrogens with zero attached hydrogens (tertiary/aromatic N) is 2. The van der Waals surface area contributed by atoms with E-state index in [2.05, 4.69) is 4.98 Å². The van der Waals surface area contributed by atoms with Gasteiger partial charge in [0, 0.05) is 13.0 Å². The zero-order valence-electron chi connectivity index (χ0n) is 8.27. The van der Waals surface area contributed by atoms with Gasteiger partial charge in [0.05, 0.1) is 11.8 Å². The Morgan fingerprint density at radius 1 is 1.60 bits per heavy atom. The summed E-state index contributed by atoms with van der Waals surface area (Å²) in [7, 11) is 0. The predicted molar refractivity (Wildman–Crippen MR) is 59.2 cm³/mol. The Morgan fingerprint density at radius 3 is 3.13 bits per heavy atom. The first-order valence-corrected chi connectivity index (χ1v) is 5.48. The van der Waals surface area contributed by atoms with Crippen LogP contribution in [0.4, 0.5) is 0 Å². The van der Waals surface area contributed by atoms with Gasteiger partial charge in [-0.05, 0) is 18.4 Å². The van der Waals surface area contributed by atoms with Gasteiger partial charge in [0.2, 0.25) is 0 Å². The number of carbonyl (C=O) groups excluding carboxylic acids is 1. The quantitative estimate of drug-likeness (QED) is 0.789. The summed E-state index contributed by atoms with van der Waals surface area (Å²) in [5, 5.41) is 1.84. The Balaban J connectivity index is 2.40. The van der Waals surface area contributed by atoms with Crippen molar-refractivity contribution >= 4 is 27.3 Å². The van der Waals surface area contributed by atoms with E-state index < -0.39 is 0 Å². The molecule has 0 unspecified atom stereocenters. The van der Waals surface area contributed by atoms with Crippen LogP contribution in [0.15, 0.2) is 22.6 Å². The van der Waals surface area contributed by atoms with Gasteiger partial charge in [-0.3, -0.25) is 14.2 Å². The number of rotatable bonds is 3. The van der Waals surface area contributed by atoms with E-state index in [4.69, 9.17) is 0 Å². The first-order chi connectivity index (χ1) is 7.18. The highest BCUT2D eigenvalue weighted by Gasteiger charge is 2.05. The number of hydrogen-bond donors (Lipinski definition) is 0. The van der Waals surface area contributed by atoms with Crippen LogP contribution in [0.25, 0.3) is 10.2 Å². The maximum atomic E-state index is 11.8. The molecule has 0 atom stereocenters. The smallest absolute Gasteiger partial charge is 0.271 e. The van der Waals surface area contributed by atoms with Gasteiger partial charge in [0.1, 0.15) is 10.5 Å². The van der Waals surface area contributed by atoms with Crippen LogP contribution >= 0.6 is 11.3 Å². The summed E-state index contributed by atoms with van der Waals surface area (Å²) >= 11 is 1.38. The molecule has 2 aromatic rings. The van der Waals surface area contributed by atoms with Crippen molar-refractivity contribution in [2.75, 3.05) is 0 Å². The minimum absolute atomic E-state index is 0.0590. The van der Waals surface area contributed by atoms with Gasteiger partial charge in [-0.2, -0.15) is 0 Å². The molecule has 0 aliphatic carbocycles. The maximum absolute atomic E-state index is 11.8. The molecule has 2 aromatic heterocycles. The standard InChI is InChI=1S/C10H10N2O2S/c1-7(13)2-4-12-6-11-8-3-5-15-9(8)10(12)14/h3,5-6H,2,4H2,1H3. The molecule has 0 aliphatic rings. The number of carbonyl (C=O) groups is 1. The number of aromatic nitrogens is 2.